The van der Waals surface area contributed by atoms with Gasteiger partial charge in [-0.25, -0.2) is 11.0 Å². The fourth-order valence-corrected chi connectivity index (χ4v) is 3.77. The molecule has 7 nitrogen and oxygen atoms in total. The lowest BCUT2D eigenvalue weighted by molar-refractivity contribution is 0.0234. The van der Waals surface area contributed by atoms with E-state index in [2.05, 4.69) is 54.6 Å². The van der Waals surface area contributed by atoms with Gasteiger partial charge in [0.25, 0.3) is 11.8 Å². The van der Waals surface area contributed by atoms with Crippen molar-refractivity contribution in [2.45, 2.75) is 39.8 Å². The average Bonchev–Trinajstić information content (AvgIpc) is 2.84. The third-order valence-corrected chi connectivity index (χ3v) is 5.37. The molecular formula is C26H31N3O4. The molecule has 3 aromatic carbocycles. The maximum absolute atomic E-state index is 12.2. The van der Waals surface area contributed by atoms with Crippen molar-refractivity contribution in [2.24, 2.45) is 0 Å². The van der Waals surface area contributed by atoms with Crippen LogP contribution in [-0.2, 0) is 18.0 Å². The Morgan fingerprint density at radius 1 is 0.818 bits per heavy atom. The van der Waals surface area contributed by atoms with Crippen molar-refractivity contribution in [3.8, 4) is 0 Å². The van der Waals surface area contributed by atoms with Gasteiger partial charge in [-0.15, -0.1) is 0 Å². The number of hydrogen-bond donors (Lipinski definition) is 3. The molecule has 0 bridgehead atoms. The summed E-state index contributed by atoms with van der Waals surface area (Å²) in [5.74, 6) is -1.05. The first-order chi connectivity index (χ1) is 16.0. The van der Waals surface area contributed by atoms with Crippen molar-refractivity contribution in [1.29, 1.82) is 0 Å². The van der Waals surface area contributed by atoms with Crippen molar-refractivity contribution in [1.82, 2.24) is 15.9 Å². The Bertz CT molecular complexity index is 1080. The number of benzene rings is 3. The van der Waals surface area contributed by atoms with Crippen molar-refractivity contribution in [3.63, 3.8) is 0 Å². The number of hydrogen-bond acceptors (Lipinski definition) is 5. The average molecular weight is 450 g/mol. The monoisotopic (exact) mass is 449 g/mol. The van der Waals surface area contributed by atoms with Crippen LogP contribution in [0.4, 0.5) is 0 Å². The second-order valence-electron chi connectivity index (χ2n) is 8.03. The number of hydroxylamine groups is 2. The Balaban J connectivity index is 1.56. The van der Waals surface area contributed by atoms with E-state index in [-0.39, 0.29) is 12.2 Å². The lowest BCUT2D eigenvalue weighted by Gasteiger charge is -2.21. The van der Waals surface area contributed by atoms with Crippen molar-refractivity contribution < 1.29 is 19.6 Å². The van der Waals surface area contributed by atoms with Crippen LogP contribution in [0.1, 0.15) is 58.5 Å². The summed E-state index contributed by atoms with van der Waals surface area (Å²) >= 11 is 0. The van der Waals surface area contributed by atoms with E-state index < -0.39 is 11.8 Å². The number of nitrogens with zero attached hydrogens (tertiary/aromatic N) is 1. The Morgan fingerprint density at radius 3 is 1.94 bits per heavy atom. The number of rotatable bonds is 11. The fourth-order valence-electron chi connectivity index (χ4n) is 3.77. The van der Waals surface area contributed by atoms with Crippen molar-refractivity contribution in [3.05, 3.63) is 82.9 Å². The van der Waals surface area contributed by atoms with Gasteiger partial charge in [0.1, 0.15) is 0 Å². The molecule has 0 unspecified atom stereocenters. The molecule has 0 aliphatic carbocycles. The zero-order valence-corrected chi connectivity index (χ0v) is 19.1. The molecule has 0 aromatic heterocycles. The first-order valence-electron chi connectivity index (χ1n) is 11.2. The van der Waals surface area contributed by atoms with Crippen molar-refractivity contribution >= 4 is 22.6 Å². The standard InChI is InChI=1S/C26H31N3O4/c1-3-13-29(14-4-2)17-19-5-7-24-16-20(6-8-23(24)15-19)18-33-28-26(31)22-11-9-21(10-12-22)25(30)27-32/h5-12,15-16,32H,3-4,13-14,17-18H2,1-2H3,(H,27,30)(H,28,31). The number of carbonyl (C=O) groups excluding carboxylic acids is 2. The highest BCUT2D eigenvalue weighted by Gasteiger charge is 2.09. The zero-order valence-electron chi connectivity index (χ0n) is 19.1. The molecule has 0 saturated carbocycles. The quantitative estimate of drug-likeness (QED) is 0.297. The second kappa shape index (κ2) is 12.1. The fraction of sp³-hybridized carbons (Fsp3) is 0.308. The summed E-state index contributed by atoms with van der Waals surface area (Å²) in [6.45, 7) is 7.83. The third kappa shape index (κ3) is 6.86. The van der Waals surface area contributed by atoms with Crippen LogP contribution in [0, 0.1) is 0 Å². The molecule has 3 rings (SSSR count). The maximum atomic E-state index is 12.2. The molecule has 0 heterocycles. The highest BCUT2D eigenvalue weighted by atomic mass is 16.6. The molecule has 174 valence electrons. The van der Waals surface area contributed by atoms with Crippen LogP contribution in [0.3, 0.4) is 0 Å². The molecule has 0 spiro atoms. The van der Waals surface area contributed by atoms with Gasteiger partial charge in [0.2, 0.25) is 0 Å². The van der Waals surface area contributed by atoms with E-state index in [1.54, 1.807) is 5.48 Å². The first-order valence-corrected chi connectivity index (χ1v) is 11.2. The van der Waals surface area contributed by atoms with Crippen LogP contribution in [0.15, 0.2) is 60.7 Å². The third-order valence-electron chi connectivity index (χ3n) is 5.37. The van der Waals surface area contributed by atoms with E-state index in [0.717, 1.165) is 43.4 Å². The predicted molar refractivity (Wildman–Crippen MR) is 128 cm³/mol. The number of carbonyl (C=O) groups is 2. The van der Waals surface area contributed by atoms with Gasteiger partial charge in [-0.3, -0.25) is 24.5 Å². The minimum Gasteiger partial charge on any atom is -0.299 e. The Hall–Kier alpha value is -3.26. The summed E-state index contributed by atoms with van der Waals surface area (Å²) in [6, 6.07) is 18.5. The molecule has 0 aliphatic heterocycles. The van der Waals surface area contributed by atoms with Gasteiger partial charge < -0.3 is 0 Å². The molecule has 2 amide bonds. The molecule has 0 saturated heterocycles. The highest BCUT2D eigenvalue weighted by Crippen LogP contribution is 2.20. The molecule has 3 aromatic rings. The Kier molecular flexibility index (Phi) is 8.95. The molecular weight excluding hydrogens is 418 g/mol. The largest absolute Gasteiger partial charge is 0.299 e. The Morgan fingerprint density at radius 2 is 1.36 bits per heavy atom. The second-order valence-corrected chi connectivity index (χ2v) is 8.03. The minimum atomic E-state index is -0.638. The van der Waals surface area contributed by atoms with E-state index in [1.807, 2.05) is 6.07 Å². The van der Waals surface area contributed by atoms with Crippen LogP contribution < -0.4 is 11.0 Å². The number of amides is 2. The lowest BCUT2D eigenvalue weighted by atomic mass is 10.0. The van der Waals surface area contributed by atoms with Crippen molar-refractivity contribution in [2.75, 3.05) is 13.1 Å². The van der Waals surface area contributed by atoms with Crippen LogP contribution in [0.25, 0.3) is 10.8 Å². The smallest absolute Gasteiger partial charge is 0.274 e. The minimum absolute atomic E-state index is 0.231. The zero-order chi connectivity index (χ0) is 23.6. The van der Waals surface area contributed by atoms with E-state index in [1.165, 1.54) is 35.2 Å². The number of nitrogens with one attached hydrogen (secondary N) is 2. The normalized spacial score (nSPS) is 11.0. The van der Waals surface area contributed by atoms with Gasteiger partial charge in [-0.1, -0.05) is 38.1 Å². The van der Waals surface area contributed by atoms with E-state index in [9.17, 15) is 9.59 Å². The molecule has 33 heavy (non-hydrogen) atoms. The van der Waals surface area contributed by atoms with Gasteiger partial charge in [0.15, 0.2) is 0 Å². The highest BCUT2D eigenvalue weighted by molar-refractivity contribution is 5.97. The summed E-state index contributed by atoms with van der Waals surface area (Å²) in [6.07, 6.45) is 2.30. The summed E-state index contributed by atoms with van der Waals surface area (Å²) in [4.78, 5) is 31.4. The van der Waals surface area contributed by atoms with Crippen LogP contribution in [0.2, 0.25) is 0 Å². The predicted octanol–water partition coefficient (Wildman–Crippen LogP) is 4.44. The first kappa shape index (κ1) is 24.4. The van der Waals surface area contributed by atoms with Gasteiger partial charge in [-0.2, -0.15) is 0 Å². The van der Waals surface area contributed by atoms with E-state index >= 15 is 0 Å². The molecule has 0 radical (unpaired) electrons. The van der Waals surface area contributed by atoms with Crippen LogP contribution in [-0.4, -0.2) is 35.0 Å². The molecule has 0 fully saturated rings. The van der Waals surface area contributed by atoms with Gasteiger partial charge >= 0.3 is 0 Å². The molecule has 0 atom stereocenters. The Labute approximate surface area is 194 Å². The molecule has 0 aliphatic rings. The lowest BCUT2D eigenvalue weighted by Crippen LogP contribution is -2.24. The molecule has 3 N–H and O–H groups in total. The summed E-state index contributed by atoms with van der Waals surface area (Å²) in [5, 5.41) is 11.0. The van der Waals surface area contributed by atoms with E-state index in [0.29, 0.717) is 5.56 Å². The SMILES string of the molecule is CCCN(CCC)Cc1ccc2cc(CONC(=O)c3ccc(C(=O)NO)cc3)ccc2c1. The van der Waals surface area contributed by atoms with E-state index in [4.69, 9.17) is 10.0 Å². The van der Waals surface area contributed by atoms with Crippen LogP contribution >= 0.6 is 0 Å². The molecule has 7 heteroatoms. The van der Waals surface area contributed by atoms with Gasteiger partial charge in [0.05, 0.1) is 6.61 Å². The summed E-state index contributed by atoms with van der Waals surface area (Å²) < 4.78 is 0. The summed E-state index contributed by atoms with van der Waals surface area (Å²) in [5.41, 5.74) is 6.82. The number of fused-ring (bicyclic) bond motifs is 1. The van der Waals surface area contributed by atoms with Crippen LogP contribution in [0.5, 0.6) is 0 Å². The van der Waals surface area contributed by atoms with Gasteiger partial charge in [0, 0.05) is 17.7 Å². The maximum Gasteiger partial charge on any atom is 0.274 e. The van der Waals surface area contributed by atoms with Gasteiger partial charge in [-0.05, 0) is 84.2 Å². The summed E-state index contributed by atoms with van der Waals surface area (Å²) in [7, 11) is 0. The topological polar surface area (TPSA) is 90.9 Å².